The van der Waals surface area contributed by atoms with Crippen LogP contribution in [0.4, 0.5) is 0 Å². The molecule has 0 bridgehead atoms. The Morgan fingerprint density at radius 3 is 2.71 bits per heavy atom. The summed E-state index contributed by atoms with van der Waals surface area (Å²) in [5, 5.41) is 3.42. The van der Waals surface area contributed by atoms with E-state index in [1.54, 1.807) is 5.56 Å². The van der Waals surface area contributed by atoms with Crippen molar-refractivity contribution in [2.45, 2.75) is 38.0 Å². The highest BCUT2D eigenvalue weighted by Crippen LogP contribution is 2.47. The monoisotopic (exact) mass is 228 g/mol. The predicted octanol–water partition coefficient (Wildman–Crippen LogP) is 2.81. The maximum absolute atomic E-state index is 4.56. The van der Waals surface area contributed by atoms with Gasteiger partial charge in [0.2, 0.25) is 0 Å². The van der Waals surface area contributed by atoms with E-state index in [4.69, 9.17) is 0 Å². The first-order valence-electron chi connectivity index (χ1n) is 6.63. The van der Waals surface area contributed by atoms with Crippen LogP contribution in [0.3, 0.4) is 0 Å². The molecule has 2 heteroatoms. The lowest BCUT2D eigenvalue weighted by Crippen LogP contribution is -2.39. The molecular weight excluding hydrogens is 208 g/mol. The molecule has 0 saturated heterocycles. The molecule has 0 unspecified atom stereocenters. The zero-order valence-corrected chi connectivity index (χ0v) is 10.5. The maximum Gasteiger partial charge on any atom is 0.0973 e. The first kappa shape index (κ1) is 10.8. The number of amidine groups is 1. The van der Waals surface area contributed by atoms with E-state index in [0.29, 0.717) is 5.41 Å². The molecule has 17 heavy (non-hydrogen) atoms. The van der Waals surface area contributed by atoms with Crippen LogP contribution in [0.1, 0.15) is 36.8 Å². The molecule has 1 aliphatic carbocycles. The third-order valence-corrected chi connectivity index (χ3v) is 4.28. The van der Waals surface area contributed by atoms with Gasteiger partial charge in [-0.2, -0.15) is 0 Å². The van der Waals surface area contributed by atoms with Crippen molar-refractivity contribution in [3.05, 3.63) is 35.4 Å². The molecule has 0 amide bonds. The molecule has 0 spiro atoms. The lowest BCUT2D eigenvalue weighted by Gasteiger charge is -2.43. The third-order valence-electron chi connectivity index (χ3n) is 4.28. The molecular formula is C15H20N2. The molecule has 2 nitrogen and oxygen atoms in total. The molecule has 1 aliphatic heterocycles. The Kier molecular flexibility index (Phi) is 2.65. The van der Waals surface area contributed by atoms with Gasteiger partial charge in [0, 0.05) is 18.4 Å². The van der Waals surface area contributed by atoms with E-state index in [9.17, 15) is 0 Å². The van der Waals surface area contributed by atoms with E-state index in [1.165, 1.54) is 30.7 Å². The number of aliphatic imine (C=N–C) groups is 1. The summed E-state index contributed by atoms with van der Waals surface area (Å²) in [6.45, 7) is 4.22. The Morgan fingerprint density at radius 2 is 2.12 bits per heavy atom. The van der Waals surface area contributed by atoms with Gasteiger partial charge in [0.15, 0.2) is 0 Å². The number of rotatable bonds is 3. The standard InChI is InChI=1S/C15H20N2/c1-12-5-2-3-6-13(12)15(7-4-8-15)11-14-16-9-10-17-14/h2-3,5-6H,4,7-11H2,1H3,(H,16,17). The van der Waals surface area contributed by atoms with Gasteiger partial charge in [-0.1, -0.05) is 30.7 Å². The van der Waals surface area contributed by atoms with Crippen molar-refractivity contribution in [1.29, 1.82) is 0 Å². The maximum atomic E-state index is 4.56. The van der Waals surface area contributed by atoms with Gasteiger partial charge in [-0.05, 0) is 30.9 Å². The van der Waals surface area contributed by atoms with Crippen LogP contribution in [0.2, 0.25) is 0 Å². The molecule has 1 aromatic carbocycles. The largest absolute Gasteiger partial charge is 0.372 e. The second-order valence-electron chi connectivity index (χ2n) is 5.38. The minimum Gasteiger partial charge on any atom is -0.372 e. The Morgan fingerprint density at radius 1 is 1.29 bits per heavy atom. The third kappa shape index (κ3) is 1.86. The van der Waals surface area contributed by atoms with E-state index in [1.807, 2.05) is 0 Å². The number of nitrogens with zero attached hydrogens (tertiary/aromatic N) is 1. The summed E-state index contributed by atoms with van der Waals surface area (Å²) in [6.07, 6.45) is 5.11. The zero-order chi connectivity index (χ0) is 11.7. The summed E-state index contributed by atoms with van der Waals surface area (Å²) < 4.78 is 0. The van der Waals surface area contributed by atoms with Crippen LogP contribution in [-0.2, 0) is 5.41 Å². The van der Waals surface area contributed by atoms with Crippen LogP contribution in [-0.4, -0.2) is 18.9 Å². The molecule has 0 atom stereocenters. The van der Waals surface area contributed by atoms with E-state index >= 15 is 0 Å². The van der Waals surface area contributed by atoms with Crippen molar-refractivity contribution in [2.75, 3.05) is 13.1 Å². The number of benzene rings is 1. The molecule has 3 rings (SSSR count). The van der Waals surface area contributed by atoms with E-state index in [-0.39, 0.29) is 0 Å². The quantitative estimate of drug-likeness (QED) is 0.845. The van der Waals surface area contributed by atoms with E-state index in [2.05, 4.69) is 41.5 Å². The van der Waals surface area contributed by atoms with Crippen LogP contribution in [0, 0.1) is 6.92 Å². The average molecular weight is 228 g/mol. The lowest BCUT2D eigenvalue weighted by atomic mass is 9.61. The summed E-state index contributed by atoms with van der Waals surface area (Å²) in [4.78, 5) is 4.56. The smallest absolute Gasteiger partial charge is 0.0973 e. The van der Waals surface area contributed by atoms with Gasteiger partial charge in [0.25, 0.3) is 0 Å². The first-order valence-corrected chi connectivity index (χ1v) is 6.63. The number of hydrogen-bond donors (Lipinski definition) is 1. The summed E-state index contributed by atoms with van der Waals surface area (Å²) in [7, 11) is 0. The van der Waals surface area contributed by atoms with Gasteiger partial charge in [-0.3, -0.25) is 4.99 Å². The fraction of sp³-hybridized carbons (Fsp3) is 0.533. The van der Waals surface area contributed by atoms with Crippen LogP contribution in [0.15, 0.2) is 29.3 Å². The molecule has 1 aromatic rings. The highest BCUT2D eigenvalue weighted by molar-refractivity contribution is 5.85. The van der Waals surface area contributed by atoms with Crippen LogP contribution < -0.4 is 5.32 Å². The van der Waals surface area contributed by atoms with Crippen LogP contribution in [0.5, 0.6) is 0 Å². The van der Waals surface area contributed by atoms with Gasteiger partial charge < -0.3 is 5.32 Å². The fourth-order valence-electron chi connectivity index (χ4n) is 3.20. The minimum absolute atomic E-state index is 0.377. The van der Waals surface area contributed by atoms with Gasteiger partial charge >= 0.3 is 0 Å². The Labute approximate surface area is 103 Å². The molecule has 0 aromatic heterocycles. The molecule has 2 aliphatic rings. The number of aryl methyl sites for hydroxylation is 1. The number of nitrogens with one attached hydrogen (secondary N) is 1. The fourth-order valence-corrected chi connectivity index (χ4v) is 3.20. The zero-order valence-electron chi connectivity index (χ0n) is 10.5. The molecule has 1 heterocycles. The van der Waals surface area contributed by atoms with Crippen LogP contribution >= 0.6 is 0 Å². The normalized spacial score (nSPS) is 21.6. The molecule has 1 fully saturated rings. The minimum atomic E-state index is 0.377. The summed E-state index contributed by atoms with van der Waals surface area (Å²) in [6, 6.07) is 8.85. The molecule has 1 saturated carbocycles. The second-order valence-corrected chi connectivity index (χ2v) is 5.38. The van der Waals surface area contributed by atoms with Crippen molar-refractivity contribution in [1.82, 2.24) is 5.32 Å². The van der Waals surface area contributed by atoms with Gasteiger partial charge in [0.05, 0.1) is 12.4 Å². The van der Waals surface area contributed by atoms with Crippen LogP contribution in [0.25, 0.3) is 0 Å². The summed E-state index contributed by atoms with van der Waals surface area (Å²) in [5.41, 5.74) is 3.36. The average Bonchev–Trinajstić information content (AvgIpc) is 2.77. The molecule has 0 radical (unpaired) electrons. The van der Waals surface area contributed by atoms with Crippen molar-refractivity contribution in [3.8, 4) is 0 Å². The van der Waals surface area contributed by atoms with Crippen molar-refractivity contribution in [2.24, 2.45) is 4.99 Å². The van der Waals surface area contributed by atoms with Crippen molar-refractivity contribution < 1.29 is 0 Å². The van der Waals surface area contributed by atoms with Crippen molar-refractivity contribution in [3.63, 3.8) is 0 Å². The Hall–Kier alpha value is -1.31. The predicted molar refractivity (Wildman–Crippen MR) is 71.6 cm³/mol. The van der Waals surface area contributed by atoms with Crippen molar-refractivity contribution >= 4 is 5.84 Å². The number of hydrogen-bond acceptors (Lipinski definition) is 2. The summed E-state index contributed by atoms with van der Waals surface area (Å²) in [5.74, 6) is 1.23. The second kappa shape index (κ2) is 4.17. The summed E-state index contributed by atoms with van der Waals surface area (Å²) >= 11 is 0. The van der Waals surface area contributed by atoms with Gasteiger partial charge in [0.1, 0.15) is 0 Å². The topological polar surface area (TPSA) is 24.4 Å². The lowest BCUT2D eigenvalue weighted by molar-refractivity contribution is 0.251. The highest BCUT2D eigenvalue weighted by atomic mass is 15.1. The van der Waals surface area contributed by atoms with Gasteiger partial charge in [-0.15, -0.1) is 0 Å². The van der Waals surface area contributed by atoms with E-state index in [0.717, 1.165) is 19.5 Å². The first-order chi connectivity index (χ1) is 8.30. The van der Waals surface area contributed by atoms with Gasteiger partial charge in [-0.25, -0.2) is 0 Å². The Bertz CT molecular complexity index is 444. The highest BCUT2D eigenvalue weighted by Gasteiger charge is 2.40. The molecule has 1 N–H and O–H groups in total. The molecule has 90 valence electrons. The van der Waals surface area contributed by atoms with E-state index < -0.39 is 0 Å². The Balaban J connectivity index is 1.89. The SMILES string of the molecule is Cc1ccccc1C1(CC2=NCCN2)CCC1.